The van der Waals surface area contributed by atoms with Gasteiger partial charge in [-0.05, 0) is 31.2 Å². The van der Waals surface area contributed by atoms with Crippen molar-refractivity contribution in [2.75, 3.05) is 25.0 Å². The van der Waals surface area contributed by atoms with Crippen molar-refractivity contribution < 1.29 is 4.79 Å². The highest BCUT2D eigenvalue weighted by atomic mass is 32.1. The first kappa shape index (κ1) is 14.3. The van der Waals surface area contributed by atoms with E-state index in [4.69, 9.17) is 0 Å². The predicted octanol–water partition coefficient (Wildman–Crippen LogP) is 2.14. The van der Waals surface area contributed by atoms with Crippen LogP contribution in [0.4, 0.5) is 5.82 Å². The van der Waals surface area contributed by atoms with Gasteiger partial charge < -0.3 is 10.2 Å². The number of hydrogen-bond acceptors (Lipinski definition) is 5. The van der Waals surface area contributed by atoms with Crippen LogP contribution in [0.3, 0.4) is 0 Å². The van der Waals surface area contributed by atoms with Crippen LogP contribution in [0.25, 0.3) is 10.2 Å². The Balaban J connectivity index is 1.88. The van der Waals surface area contributed by atoms with E-state index in [1.165, 1.54) is 16.9 Å². The third kappa shape index (κ3) is 2.72. The molecule has 0 fully saturated rings. The molecule has 5 nitrogen and oxygen atoms in total. The summed E-state index contributed by atoms with van der Waals surface area (Å²) >= 11 is 1.77. The number of nitrogens with one attached hydrogen (secondary N) is 1. The molecule has 0 bridgehead atoms. The summed E-state index contributed by atoms with van der Waals surface area (Å²) in [7, 11) is 1.92. The van der Waals surface area contributed by atoms with Gasteiger partial charge in [-0.1, -0.05) is 6.92 Å². The Bertz CT molecular complexity index is 667. The quantitative estimate of drug-likeness (QED) is 0.919. The molecule has 0 unspecified atom stereocenters. The van der Waals surface area contributed by atoms with Gasteiger partial charge in [-0.3, -0.25) is 4.79 Å². The molecular weight excluding hydrogens is 284 g/mol. The summed E-state index contributed by atoms with van der Waals surface area (Å²) in [5.74, 6) is 0.920. The molecule has 21 heavy (non-hydrogen) atoms. The highest BCUT2D eigenvalue weighted by molar-refractivity contribution is 7.19. The van der Waals surface area contributed by atoms with Crippen LogP contribution in [-0.4, -0.2) is 36.0 Å². The van der Waals surface area contributed by atoms with Crippen LogP contribution in [0.5, 0.6) is 0 Å². The fraction of sp³-hybridized carbons (Fsp3) is 0.533. The van der Waals surface area contributed by atoms with Crippen LogP contribution in [0, 0.1) is 0 Å². The maximum absolute atomic E-state index is 11.9. The van der Waals surface area contributed by atoms with E-state index in [9.17, 15) is 4.79 Å². The lowest BCUT2D eigenvalue weighted by atomic mass is 10.2. The average Bonchev–Trinajstić information content (AvgIpc) is 3.04. The second-order valence-corrected chi connectivity index (χ2v) is 6.52. The minimum Gasteiger partial charge on any atom is -0.355 e. The Kier molecular flexibility index (Phi) is 4.05. The van der Waals surface area contributed by atoms with Gasteiger partial charge in [0.1, 0.15) is 17.0 Å². The van der Waals surface area contributed by atoms with E-state index in [0.717, 1.165) is 41.8 Å². The van der Waals surface area contributed by atoms with Crippen molar-refractivity contribution in [1.29, 1.82) is 0 Å². The summed E-state index contributed by atoms with van der Waals surface area (Å²) in [5, 5.41) is 4.06. The lowest BCUT2D eigenvalue weighted by Crippen LogP contribution is -2.35. The van der Waals surface area contributed by atoms with Gasteiger partial charge in [-0.15, -0.1) is 11.3 Å². The van der Waals surface area contributed by atoms with Gasteiger partial charge in [-0.25, -0.2) is 9.97 Å². The van der Waals surface area contributed by atoms with Crippen LogP contribution in [0.2, 0.25) is 0 Å². The molecule has 0 aromatic carbocycles. The zero-order valence-electron chi connectivity index (χ0n) is 12.5. The third-order valence-corrected chi connectivity index (χ3v) is 5.00. The van der Waals surface area contributed by atoms with Gasteiger partial charge >= 0.3 is 0 Å². The lowest BCUT2D eigenvalue weighted by Gasteiger charge is -2.18. The molecular formula is C15H20N4OS. The number of carbonyl (C=O) groups excluding carboxylic acids is 1. The number of amides is 1. The fourth-order valence-corrected chi connectivity index (χ4v) is 4.04. The summed E-state index contributed by atoms with van der Waals surface area (Å²) in [5.41, 5.74) is 1.39. The van der Waals surface area contributed by atoms with Gasteiger partial charge in [0.25, 0.3) is 0 Å². The predicted molar refractivity (Wildman–Crippen MR) is 86.0 cm³/mol. The maximum Gasteiger partial charge on any atom is 0.239 e. The molecule has 2 heterocycles. The molecule has 1 aliphatic rings. The second kappa shape index (κ2) is 5.97. The third-order valence-electron chi connectivity index (χ3n) is 3.80. The molecule has 1 amide bonds. The molecule has 0 aliphatic heterocycles. The molecule has 2 aromatic heterocycles. The number of aromatic nitrogens is 2. The number of rotatable bonds is 5. The van der Waals surface area contributed by atoms with Gasteiger partial charge in [0.15, 0.2) is 0 Å². The Morgan fingerprint density at radius 2 is 2.29 bits per heavy atom. The second-order valence-electron chi connectivity index (χ2n) is 5.44. The molecule has 0 atom stereocenters. The Morgan fingerprint density at radius 3 is 3.10 bits per heavy atom. The van der Waals surface area contributed by atoms with Crippen molar-refractivity contribution in [2.45, 2.75) is 32.6 Å². The lowest BCUT2D eigenvalue weighted by molar-refractivity contribution is -0.119. The van der Waals surface area contributed by atoms with Gasteiger partial charge in [-0.2, -0.15) is 0 Å². The Morgan fingerprint density at radius 1 is 1.43 bits per heavy atom. The largest absolute Gasteiger partial charge is 0.355 e. The minimum atomic E-state index is 0.0398. The van der Waals surface area contributed by atoms with E-state index in [2.05, 4.69) is 15.3 Å². The first-order chi connectivity index (χ1) is 10.2. The summed E-state index contributed by atoms with van der Waals surface area (Å²) < 4.78 is 0. The topological polar surface area (TPSA) is 58.1 Å². The van der Waals surface area contributed by atoms with Crippen LogP contribution in [-0.2, 0) is 17.6 Å². The molecule has 6 heteroatoms. The van der Waals surface area contributed by atoms with Crippen LogP contribution >= 0.6 is 11.3 Å². The van der Waals surface area contributed by atoms with E-state index in [1.807, 2.05) is 18.9 Å². The molecule has 0 spiro atoms. The number of thiophene rings is 1. The molecule has 3 rings (SSSR count). The number of fused-ring (bicyclic) bond motifs is 3. The summed E-state index contributed by atoms with van der Waals surface area (Å²) in [4.78, 5) is 25.1. The van der Waals surface area contributed by atoms with Crippen molar-refractivity contribution >= 4 is 33.3 Å². The van der Waals surface area contributed by atoms with E-state index in [1.54, 1.807) is 17.7 Å². The smallest absolute Gasteiger partial charge is 0.239 e. The number of likely N-dealkylation sites (N-methyl/N-ethyl adjacent to an activating group) is 1. The first-order valence-electron chi connectivity index (χ1n) is 7.43. The Hall–Kier alpha value is -1.69. The summed E-state index contributed by atoms with van der Waals surface area (Å²) in [6, 6.07) is 0. The van der Waals surface area contributed by atoms with Crippen LogP contribution < -0.4 is 10.2 Å². The molecule has 1 N–H and O–H groups in total. The SMILES string of the molecule is CCCNC(=O)CN(C)c1ncnc2sc3c(c12)CCC3. The molecule has 2 aromatic rings. The standard InChI is InChI=1S/C15H20N4OS/c1-3-7-16-12(20)8-19(2)14-13-10-5-4-6-11(10)21-15(13)18-9-17-14/h9H,3-8H2,1-2H3,(H,16,20). The van der Waals surface area contributed by atoms with Gasteiger partial charge in [0.2, 0.25) is 5.91 Å². The van der Waals surface area contributed by atoms with Gasteiger partial charge in [0, 0.05) is 18.5 Å². The van der Waals surface area contributed by atoms with Crippen LogP contribution in [0.15, 0.2) is 6.33 Å². The van der Waals surface area contributed by atoms with Gasteiger partial charge in [0.05, 0.1) is 11.9 Å². The minimum absolute atomic E-state index is 0.0398. The van der Waals surface area contributed by atoms with Crippen molar-refractivity contribution in [3.05, 3.63) is 16.8 Å². The van der Waals surface area contributed by atoms with E-state index in [-0.39, 0.29) is 5.91 Å². The number of aryl methyl sites for hydroxylation is 2. The van der Waals surface area contributed by atoms with E-state index < -0.39 is 0 Å². The number of nitrogens with zero attached hydrogens (tertiary/aromatic N) is 3. The van der Waals surface area contributed by atoms with Crippen molar-refractivity contribution in [2.24, 2.45) is 0 Å². The van der Waals surface area contributed by atoms with E-state index >= 15 is 0 Å². The highest BCUT2D eigenvalue weighted by Crippen LogP contribution is 2.39. The number of anilines is 1. The first-order valence-corrected chi connectivity index (χ1v) is 8.25. The summed E-state index contributed by atoms with van der Waals surface area (Å²) in [6.45, 7) is 3.10. The molecule has 1 aliphatic carbocycles. The number of carbonyl (C=O) groups is 1. The maximum atomic E-state index is 11.9. The van der Waals surface area contributed by atoms with Crippen molar-refractivity contribution in [1.82, 2.24) is 15.3 Å². The summed E-state index contributed by atoms with van der Waals surface area (Å²) in [6.07, 6.45) is 6.02. The Labute approximate surface area is 128 Å². The normalized spacial score (nSPS) is 13.4. The average molecular weight is 304 g/mol. The van der Waals surface area contributed by atoms with E-state index in [0.29, 0.717) is 6.54 Å². The van der Waals surface area contributed by atoms with Crippen LogP contribution in [0.1, 0.15) is 30.2 Å². The zero-order valence-corrected chi connectivity index (χ0v) is 13.3. The molecule has 0 saturated heterocycles. The van der Waals surface area contributed by atoms with Crippen molar-refractivity contribution in [3.63, 3.8) is 0 Å². The molecule has 0 saturated carbocycles. The monoisotopic (exact) mass is 304 g/mol. The number of hydrogen-bond donors (Lipinski definition) is 1. The highest BCUT2D eigenvalue weighted by Gasteiger charge is 2.23. The fourth-order valence-electron chi connectivity index (χ4n) is 2.81. The zero-order chi connectivity index (χ0) is 14.8. The molecule has 0 radical (unpaired) electrons. The van der Waals surface area contributed by atoms with Crippen molar-refractivity contribution in [3.8, 4) is 0 Å². The molecule has 112 valence electrons.